The van der Waals surface area contributed by atoms with Crippen LogP contribution in [0.3, 0.4) is 0 Å². The zero-order chi connectivity index (χ0) is 21.6. The minimum atomic E-state index is -0.698. The van der Waals surface area contributed by atoms with Gasteiger partial charge in [0.2, 0.25) is 0 Å². The fraction of sp³-hybridized carbons (Fsp3) is 0.231. The number of fused-ring (bicyclic) bond motifs is 1. The first-order chi connectivity index (χ1) is 15.1. The Balaban J connectivity index is 1.34. The number of benzene rings is 3. The molecular formula is C26H26N2O3. The Hall–Kier alpha value is -3.60. The first kappa shape index (κ1) is 20.7. The molecule has 5 heteroatoms. The predicted molar refractivity (Wildman–Crippen MR) is 121 cm³/mol. The van der Waals surface area contributed by atoms with Crippen molar-refractivity contribution < 1.29 is 14.3 Å². The van der Waals surface area contributed by atoms with E-state index < -0.39 is 6.10 Å². The summed E-state index contributed by atoms with van der Waals surface area (Å²) >= 11 is 0. The Kier molecular flexibility index (Phi) is 6.32. The molecular weight excluding hydrogens is 388 g/mol. The average molecular weight is 415 g/mol. The summed E-state index contributed by atoms with van der Waals surface area (Å²) in [7, 11) is 0. The van der Waals surface area contributed by atoms with Crippen LogP contribution >= 0.6 is 0 Å². The number of rotatable bonds is 7. The molecule has 2 N–H and O–H groups in total. The van der Waals surface area contributed by atoms with Gasteiger partial charge in [0.25, 0.3) is 11.8 Å². The summed E-state index contributed by atoms with van der Waals surface area (Å²) in [5.74, 6) is 0.0605. The van der Waals surface area contributed by atoms with Crippen molar-refractivity contribution in [2.45, 2.75) is 38.8 Å². The zero-order valence-corrected chi connectivity index (χ0v) is 17.6. The van der Waals surface area contributed by atoms with E-state index in [2.05, 4.69) is 16.7 Å². The second kappa shape index (κ2) is 9.47. The van der Waals surface area contributed by atoms with E-state index in [4.69, 9.17) is 4.74 Å². The van der Waals surface area contributed by atoms with Crippen LogP contribution in [-0.4, -0.2) is 17.9 Å². The highest BCUT2D eigenvalue weighted by Crippen LogP contribution is 2.25. The van der Waals surface area contributed by atoms with Crippen molar-refractivity contribution in [1.29, 1.82) is 0 Å². The van der Waals surface area contributed by atoms with Gasteiger partial charge < -0.3 is 15.4 Å². The van der Waals surface area contributed by atoms with E-state index in [1.165, 1.54) is 17.5 Å². The van der Waals surface area contributed by atoms with Gasteiger partial charge in [-0.1, -0.05) is 42.5 Å². The SMILES string of the molecule is CC(Oc1cccc(C(=O)NCc2ccccc2)c1)C(=O)Nc1ccc2c(c1)CCC2. The van der Waals surface area contributed by atoms with Gasteiger partial charge in [-0.2, -0.15) is 0 Å². The van der Waals surface area contributed by atoms with Gasteiger partial charge in [-0.05, 0) is 73.2 Å². The molecule has 0 radical (unpaired) electrons. The number of carbonyl (C=O) groups excluding carboxylic acids is 2. The zero-order valence-electron chi connectivity index (χ0n) is 17.6. The largest absolute Gasteiger partial charge is 0.481 e. The molecule has 0 saturated carbocycles. The number of carbonyl (C=O) groups is 2. The molecule has 4 rings (SSSR count). The molecule has 0 spiro atoms. The number of hydrogen-bond acceptors (Lipinski definition) is 3. The quantitative estimate of drug-likeness (QED) is 0.598. The van der Waals surface area contributed by atoms with E-state index in [0.29, 0.717) is 17.9 Å². The summed E-state index contributed by atoms with van der Waals surface area (Å²) in [5, 5.41) is 5.82. The number of nitrogens with one attached hydrogen (secondary N) is 2. The van der Waals surface area contributed by atoms with Gasteiger partial charge in [0.15, 0.2) is 6.10 Å². The third kappa shape index (κ3) is 5.31. The van der Waals surface area contributed by atoms with Crippen molar-refractivity contribution in [2.75, 3.05) is 5.32 Å². The summed E-state index contributed by atoms with van der Waals surface area (Å²) in [6, 6.07) is 22.7. The third-order valence-corrected chi connectivity index (χ3v) is 5.44. The third-order valence-electron chi connectivity index (χ3n) is 5.44. The van der Waals surface area contributed by atoms with Crippen molar-refractivity contribution in [1.82, 2.24) is 5.32 Å². The van der Waals surface area contributed by atoms with Gasteiger partial charge in [0.1, 0.15) is 5.75 Å². The minimum Gasteiger partial charge on any atom is -0.481 e. The Morgan fingerprint density at radius 3 is 2.58 bits per heavy atom. The normalized spacial score (nSPS) is 13.2. The number of ether oxygens (including phenoxy) is 1. The molecule has 0 bridgehead atoms. The fourth-order valence-electron chi connectivity index (χ4n) is 3.74. The first-order valence-corrected chi connectivity index (χ1v) is 10.6. The maximum Gasteiger partial charge on any atom is 0.265 e. The van der Waals surface area contributed by atoms with Crippen LogP contribution in [0.4, 0.5) is 5.69 Å². The lowest BCUT2D eigenvalue weighted by Crippen LogP contribution is -2.30. The van der Waals surface area contributed by atoms with E-state index in [-0.39, 0.29) is 11.8 Å². The van der Waals surface area contributed by atoms with Gasteiger partial charge in [-0.3, -0.25) is 9.59 Å². The molecule has 1 unspecified atom stereocenters. The van der Waals surface area contributed by atoms with Gasteiger partial charge in [-0.25, -0.2) is 0 Å². The Morgan fingerprint density at radius 1 is 0.935 bits per heavy atom. The van der Waals surface area contributed by atoms with E-state index in [1.54, 1.807) is 31.2 Å². The maximum atomic E-state index is 12.6. The lowest BCUT2D eigenvalue weighted by atomic mass is 10.1. The van der Waals surface area contributed by atoms with E-state index in [1.807, 2.05) is 42.5 Å². The van der Waals surface area contributed by atoms with Crippen molar-refractivity contribution in [3.63, 3.8) is 0 Å². The molecule has 0 heterocycles. The van der Waals surface area contributed by atoms with Crippen LogP contribution < -0.4 is 15.4 Å². The topological polar surface area (TPSA) is 67.4 Å². The molecule has 1 aliphatic carbocycles. The Morgan fingerprint density at radius 2 is 1.74 bits per heavy atom. The lowest BCUT2D eigenvalue weighted by molar-refractivity contribution is -0.122. The van der Waals surface area contributed by atoms with E-state index in [0.717, 1.165) is 24.1 Å². The van der Waals surface area contributed by atoms with Crippen molar-refractivity contribution in [3.05, 3.63) is 95.1 Å². The predicted octanol–water partition coefficient (Wildman–Crippen LogP) is 4.51. The van der Waals surface area contributed by atoms with Gasteiger partial charge in [0.05, 0.1) is 0 Å². The Labute approximate surface area is 182 Å². The van der Waals surface area contributed by atoms with Crippen LogP contribution in [0.15, 0.2) is 72.8 Å². The maximum absolute atomic E-state index is 12.6. The number of hydrogen-bond donors (Lipinski definition) is 2. The molecule has 3 aromatic rings. The van der Waals surface area contributed by atoms with Crippen LogP contribution in [-0.2, 0) is 24.2 Å². The lowest BCUT2D eigenvalue weighted by Gasteiger charge is -2.16. The first-order valence-electron chi connectivity index (χ1n) is 10.6. The number of anilines is 1. The highest BCUT2D eigenvalue weighted by Gasteiger charge is 2.17. The average Bonchev–Trinajstić information content (AvgIpc) is 3.26. The minimum absolute atomic E-state index is 0.190. The summed E-state index contributed by atoms with van der Waals surface area (Å²) in [6.07, 6.45) is 2.64. The number of amides is 2. The smallest absolute Gasteiger partial charge is 0.265 e. The van der Waals surface area contributed by atoms with Crippen LogP contribution in [0.1, 0.15) is 40.4 Å². The van der Waals surface area contributed by atoms with Crippen LogP contribution in [0.5, 0.6) is 5.75 Å². The van der Waals surface area contributed by atoms with E-state index in [9.17, 15) is 9.59 Å². The molecule has 158 valence electrons. The highest BCUT2D eigenvalue weighted by molar-refractivity contribution is 5.95. The monoisotopic (exact) mass is 414 g/mol. The van der Waals surface area contributed by atoms with Crippen LogP contribution in [0.2, 0.25) is 0 Å². The van der Waals surface area contributed by atoms with Crippen molar-refractivity contribution >= 4 is 17.5 Å². The summed E-state index contributed by atoms with van der Waals surface area (Å²) < 4.78 is 5.80. The molecule has 1 aliphatic rings. The van der Waals surface area contributed by atoms with Gasteiger partial charge in [-0.15, -0.1) is 0 Å². The fourth-order valence-corrected chi connectivity index (χ4v) is 3.74. The van der Waals surface area contributed by atoms with Crippen molar-refractivity contribution in [3.8, 4) is 5.75 Å². The molecule has 0 aromatic heterocycles. The second-order valence-electron chi connectivity index (χ2n) is 7.78. The molecule has 31 heavy (non-hydrogen) atoms. The molecule has 0 fully saturated rings. The van der Waals surface area contributed by atoms with Crippen LogP contribution in [0, 0.1) is 0 Å². The summed E-state index contributed by atoms with van der Waals surface area (Å²) in [4.78, 5) is 25.1. The van der Waals surface area contributed by atoms with Gasteiger partial charge in [0, 0.05) is 17.8 Å². The van der Waals surface area contributed by atoms with Gasteiger partial charge >= 0.3 is 0 Å². The number of aryl methyl sites for hydroxylation is 2. The molecule has 1 atom stereocenters. The second-order valence-corrected chi connectivity index (χ2v) is 7.78. The molecule has 3 aromatic carbocycles. The standard InChI is InChI=1S/C26H26N2O3/c1-18(25(29)28-23-14-13-20-9-5-10-21(20)15-23)31-24-12-6-11-22(16-24)26(30)27-17-19-7-3-2-4-8-19/h2-4,6-8,11-16,18H,5,9-10,17H2,1H3,(H,27,30)(H,28,29). The highest BCUT2D eigenvalue weighted by atomic mass is 16.5. The molecule has 0 saturated heterocycles. The molecule has 2 amide bonds. The molecule has 5 nitrogen and oxygen atoms in total. The summed E-state index contributed by atoms with van der Waals surface area (Å²) in [6.45, 7) is 2.15. The van der Waals surface area contributed by atoms with Crippen molar-refractivity contribution in [2.24, 2.45) is 0 Å². The van der Waals surface area contributed by atoms with Crippen LogP contribution in [0.25, 0.3) is 0 Å². The molecule has 0 aliphatic heterocycles. The van der Waals surface area contributed by atoms with E-state index >= 15 is 0 Å². The Bertz CT molecular complexity index is 1080. The summed E-state index contributed by atoms with van der Waals surface area (Å²) in [5.41, 5.74) is 4.97.